The van der Waals surface area contributed by atoms with Crippen molar-refractivity contribution >= 4 is 16.8 Å². The normalized spacial score (nSPS) is 12.6. The highest BCUT2D eigenvalue weighted by atomic mass is 16.2. The van der Waals surface area contributed by atoms with Crippen LogP contribution in [0.2, 0.25) is 0 Å². The fourth-order valence-corrected chi connectivity index (χ4v) is 2.73. The molecule has 0 saturated carbocycles. The third-order valence-electron chi connectivity index (χ3n) is 4.07. The van der Waals surface area contributed by atoms with Gasteiger partial charge in [-0.05, 0) is 31.4 Å². The molecule has 6 heteroatoms. The minimum absolute atomic E-state index is 0.0882. The lowest BCUT2D eigenvalue weighted by Gasteiger charge is -2.26. The van der Waals surface area contributed by atoms with Gasteiger partial charge in [0, 0.05) is 13.1 Å². The number of benzene rings is 1. The van der Waals surface area contributed by atoms with Gasteiger partial charge in [-0.15, -0.1) is 0 Å². The summed E-state index contributed by atoms with van der Waals surface area (Å²) in [6.07, 6.45) is 0.892. The van der Waals surface area contributed by atoms with E-state index < -0.39 is 11.2 Å². The first-order chi connectivity index (χ1) is 10.8. The zero-order valence-corrected chi connectivity index (χ0v) is 14.0. The van der Waals surface area contributed by atoms with Gasteiger partial charge >= 0.3 is 5.69 Å². The summed E-state index contributed by atoms with van der Waals surface area (Å²) < 4.78 is 1.32. The van der Waals surface area contributed by atoms with Crippen LogP contribution in [0, 0.1) is 5.92 Å². The fourth-order valence-electron chi connectivity index (χ4n) is 2.73. The SMILES string of the molecule is CC(C)CC(C)N(C)C(=O)Cn1c(=O)[nH]c(=O)c2ccccc21. The van der Waals surface area contributed by atoms with Gasteiger partial charge in [0.05, 0.1) is 10.9 Å². The van der Waals surface area contributed by atoms with Gasteiger partial charge in [-0.3, -0.25) is 19.1 Å². The molecule has 1 heterocycles. The molecule has 0 fully saturated rings. The second-order valence-electron chi connectivity index (χ2n) is 6.35. The van der Waals surface area contributed by atoms with Crippen molar-refractivity contribution < 1.29 is 4.79 Å². The van der Waals surface area contributed by atoms with Crippen LogP contribution in [0.1, 0.15) is 27.2 Å². The number of aromatic nitrogens is 2. The summed E-state index contributed by atoms with van der Waals surface area (Å²) in [6.45, 7) is 6.12. The van der Waals surface area contributed by atoms with E-state index in [0.29, 0.717) is 16.8 Å². The van der Waals surface area contributed by atoms with Crippen molar-refractivity contribution in [1.29, 1.82) is 0 Å². The lowest BCUT2D eigenvalue weighted by Crippen LogP contribution is -2.41. The number of fused-ring (bicyclic) bond motifs is 1. The van der Waals surface area contributed by atoms with E-state index in [1.807, 2.05) is 6.92 Å². The number of carbonyl (C=O) groups excluding carboxylic acids is 1. The first-order valence-electron chi connectivity index (χ1n) is 7.78. The van der Waals surface area contributed by atoms with E-state index in [9.17, 15) is 14.4 Å². The quantitative estimate of drug-likeness (QED) is 0.910. The summed E-state index contributed by atoms with van der Waals surface area (Å²) in [5.41, 5.74) is -0.526. The predicted molar refractivity (Wildman–Crippen MR) is 90.5 cm³/mol. The lowest BCUT2D eigenvalue weighted by molar-refractivity contribution is -0.132. The predicted octanol–water partition coefficient (Wildman–Crippen LogP) is 1.58. The van der Waals surface area contributed by atoms with Crippen LogP contribution in [0.5, 0.6) is 0 Å². The van der Waals surface area contributed by atoms with E-state index >= 15 is 0 Å². The molecule has 6 nitrogen and oxygen atoms in total. The van der Waals surface area contributed by atoms with Gasteiger partial charge in [-0.2, -0.15) is 0 Å². The van der Waals surface area contributed by atoms with Gasteiger partial charge in [-0.25, -0.2) is 4.79 Å². The summed E-state index contributed by atoms with van der Waals surface area (Å²) >= 11 is 0. The van der Waals surface area contributed by atoms with Crippen LogP contribution in [-0.2, 0) is 11.3 Å². The Hall–Kier alpha value is -2.37. The molecule has 1 amide bonds. The Balaban J connectivity index is 2.34. The van der Waals surface area contributed by atoms with Crippen molar-refractivity contribution in [3.8, 4) is 0 Å². The number of H-pyrrole nitrogens is 1. The standard InChI is InChI=1S/C17H23N3O3/c1-11(2)9-12(3)19(4)15(21)10-20-14-8-6-5-7-13(14)16(22)18-17(20)23/h5-8,11-12H,9-10H2,1-4H3,(H,18,22,23). The Bertz CT molecular complexity index is 820. The fraction of sp³-hybridized carbons (Fsp3) is 0.471. The number of nitrogens with one attached hydrogen (secondary N) is 1. The van der Waals surface area contributed by atoms with Gasteiger partial charge in [0.25, 0.3) is 5.56 Å². The average Bonchev–Trinajstić information content (AvgIpc) is 2.49. The maximum atomic E-state index is 12.5. The van der Waals surface area contributed by atoms with E-state index in [2.05, 4.69) is 18.8 Å². The van der Waals surface area contributed by atoms with Crippen LogP contribution in [-0.4, -0.2) is 33.4 Å². The number of rotatable bonds is 5. The number of hydrogen-bond acceptors (Lipinski definition) is 3. The molecular formula is C17H23N3O3. The number of para-hydroxylation sites is 1. The van der Waals surface area contributed by atoms with Crippen LogP contribution < -0.4 is 11.2 Å². The zero-order valence-electron chi connectivity index (χ0n) is 14.0. The molecule has 2 aromatic rings. The largest absolute Gasteiger partial charge is 0.341 e. The second kappa shape index (κ2) is 6.81. The van der Waals surface area contributed by atoms with E-state index in [4.69, 9.17) is 0 Å². The van der Waals surface area contributed by atoms with Crippen LogP contribution in [0.15, 0.2) is 33.9 Å². The van der Waals surface area contributed by atoms with E-state index in [1.165, 1.54) is 4.57 Å². The van der Waals surface area contributed by atoms with Gasteiger partial charge in [-0.1, -0.05) is 26.0 Å². The van der Waals surface area contributed by atoms with Gasteiger partial charge in [0.15, 0.2) is 0 Å². The number of nitrogens with zero attached hydrogens (tertiary/aromatic N) is 2. The molecule has 0 aliphatic carbocycles. The molecular weight excluding hydrogens is 294 g/mol. The highest BCUT2D eigenvalue weighted by Crippen LogP contribution is 2.11. The van der Waals surface area contributed by atoms with Crippen molar-refractivity contribution in [1.82, 2.24) is 14.5 Å². The molecule has 1 N–H and O–H groups in total. The zero-order chi connectivity index (χ0) is 17.1. The number of aromatic amines is 1. The Morgan fingerprint density at radius 2 is 1.87 bits per heavy atom. The number of carbonyl (C=O) groups is 1. The Kier molecular flexibility index (Phi) is 5.03. The van der Waals surface area contributed by atoms with Crippen LogP contribution in [0.3, 0.4) is 0 Å². The molecule has 1 atom stereocenters. The smallest absolute Gasteiger partial charge is 0.329 e. The second-order valence-corrected chi connectivity index (χ2v) is 6.35. The molecule has 23 heavy (non-hydrogen) atoms. The van der Waals surface area contributed by atoms with E-state index in [0.717, 1.165) is 6.42 Å². The molecule has 0 aliphatic rings. The first kappa shape index (κ1) is 17.0. The minimum Gasteiger partial charge on any atom is -0.341 e. The molecule has 0 spiro atoms. The van der Waals surface area contributed by atoms with Crippen molar-refractivity contribution in [2.75, 3.05) is 7.05 Å². The van der Waals surface area contributed by atoms with Gasteiger partial charge in [0.2, 0.25) is 5.91 Å². The summed E-state index contributed by atoms with van der Waals surface area (Å²) in [5.74, 6) is 0.328. The van der Waals surface area contributed by atoms with Crippen LogP contribution >= 0.6 is 0 Å². The summed E-state index contributed by atoms with van der Waals surface area (Å²) in [6, 6.07) is 6.88. The summed E-state index contributed by atoms with van der Waals surface area (Å²) in [4.78, 5) is 40.4. The molecule has 124 valence electrons. The summed E-state index contributed by atoms with van der Waals surface area (Å²) in [5, 5.41) is 0.401. The molecule has 0 aliphatic heterocycles. The van der Waals surface area contributed by atoms with Crippen molar-refractivity contribution in [3.63, 3.8) is 0 Å². The molecule has 1 aromatic heterocycles. The van der Waals surface area contributed by atoms with Crippen molar-refractivity contribution in [2.45, 2.75) is 39.8 Å². The molecule has 1 unspecified atom stereocenters. The Morgan fingerprint density at radius 3 is 2.52 bits per heavy atom. The van der Waals surface area contributed by atoms with Crippen LogP contribution in [0.4, 0.5) is 0 Å². The molecule has 0 bridgehead atoms. The first-order valence-corrected chi connectivity index (χ1v) is 7.78. The minimum atomic E-state index is -0.563. The van der Waals surface area contributed by atoms with Gasteiger partial charge < -0.3 is 4.90 Å². The van der Waals surface area contributed by atoms with Crippen molar-refractivity contribution in [2.24, 2.45) is 5.92 Å². The maximum absolute atomic E-state index is 12.5. The highest BCUT2D eigenvalue weighted by Gasteiger charge is 2.18. The van der Waals surface area contributed by atoms with Gasteiger partial charge in [0.1, 0.15) is 6.54 Å². The monoisotopic (exact) mass is 317 g/mol. The topological polar surface area (TPSA) is 75.2 Å². The third-order valence-corrected chi connectivity index (χ3v) is 4.07. The molecule has 0 radical (unpaired) electrons. The van der Waals surface area contributed by atoms with Crippen molar-refractivity contribution in [3.05, 3.63) is 45.1 Å². The highest BCUT2D eigenvalue weighted by molar-refractivity contribution is 5.81. The Morgan fingerprint density at radius 1 is 1.22 bits per heavy atom. The maximum Gasteiger partial charge on any atom is 0.329 e. The average molecular weight is 317 g/mol. The molecule has 1 aromatic carbocycles. The lowest BCUT2D eigenvalue weighted by atomic mass is 10.0. The number of likely N-dealkylation sites (N-methyl/N-ethyl adjacent to an activating group) is 1. The molecule has 0 saturated heterocycles. The summed E-state index contributed by atoms with van der Waals surface area (Å²) in [7, 11) is 1.74. The number of hydrogen-bond donors (Lipinski definition) is 1. The van der Waals surface area contributed by atoms with E-state index in [-0.39, 0.29) is 18.5 Å². The molecule has 2 rings (SSSR count). The van der Waals surface area contributed by atoms with E-state index in [1.54, 1.807) is 36.2 Å². The number of amides is 1. The van der Waals surface area contributed by atoms with Crippen LogP contribution in [0.25, 0.3) is 10.9 Å². The third kappa shape index (κ3) is 3.70. The Labute approximate surface area is 134 Å².